The van der Waals surface area contributed by atoms with Crippen LogP contribution in [0.4, 0.5) is 4.39 Å². The van der Waals surface area contributed by atoms with E-state index in [0.717, 1.165) is 32.5 Å². The molecule has 0 aliphatic heterocycles. The van der Waals surface area contributed by atoms with Crippen LogP contribution in [0.25, 0.3) is 0 Å². The molecule has 0 aromatic heterocycles. The van der Waals surface area contributed by atoms with E-state index < -0.39 is 0 Å². The van der Waals surface area contributed by atoms with Gasteiger partial charge in [0.1, 0.15) is 11.6 Å². The van der Waals surface area contributed by atoms with Gasteiger partial charge < -0.3 is 4.74 Å². The molecule has 2 aromatic rings. The molecule has 0 spiro atoms. The molecule has 0 saturated heterocycles. The summed E-state index contributed by atoms with van der Waals surface area (Å²) in [5.74, 6) is 6.25. The molecule has 2 rings (SSSR count). The van der Waals surface area contributed by atoms with Gasteiger partial charge in [-0.1, -0.05) is 22.0 Å². The van der Waals surface area contributed by atoms with Crippen molar-refractivity contribution in [3.8, 4) is 5.75 Å². The number of nitrogens with two attached hydrogens (primary N) is 1. The van der Waals surface area contributed by atoms with Gasteiger partial charge in [0.25, 0.3) is 0 Å². The van der Waals surface area contributed by atoms with Gasteiger partial charge in [0.05, 0.1) is 13.2 Å². The van der Waals surface area contributed by atoms with Crippen LogP contribution in [-0.4, -0.2) is 7.11 Å². The van der Waals surface area contributed by atoms with Crippen molar-refractivity contribution in [1.82, 2.24) is 5.43 Å². The quantitative estimate of drug-likeness (QED) is 0.650. The molecule has 2 aromatic carbocycles. The maximum atomic E-state index is 13.5. The number of hydrogen-bond acceptors (Lipinski definition) is 3. The predicted molar refractivity (Wildman–Crippen MR) is 85.7 cm³/mol. The predicted octanol–water partition coefficient (Wildman–Crippen LogP) is 3.77. The van der Waals surface area contributed by atoms with Crippen LogP contribution in [0.15, 0.2) is 34.8 Å². The number of benzene rings is 2. The van der Waals surface area contributed by atoms with E-state index in [4.69, 9.17) is 10.6 Å². The summed E-state index contributed by atoms with van der Waals surface area (Å²) in [5, 5.41) is 0. The number of nitrogens with one attached hydrogen (secondary N) is 1. The fourth-order valence-corrected chi connectivity index (χ4v) is 2.90. The number of aryl methyl sites for hydroxylation is 2. The lowest BCUT2D eigenvalue weighted by Crippen LogP contribution is -2.29. The number of halogens is 2. The molecule has 0 aliphatic carbocycles. The van der Waals surface area contributed by atoms with E-state index in [1.165, 1.54) is 12.1 Å². The van der Waals surface area contributed by atoms with Gasteiger partial charge in [0.15, 0.2) is 0 Å². The van der Waals surface area contributed by atoms with Gasteiger partial charge in [-0.3, -0.25) is 5.84 Å². The van der Waals surface area contributed by atoms with Gasteiger partial charge in [-0.2, -0.15) is 0 Å². The Hall–Kier alpha value is -1.43. The van der Waals surface area contributed by atoms with Crippen LogP contribution in [-0.2, 0) is 0 Å². The van der Waals surface area contributed by atoms with Crippen LogP contribution in [0, 0.1) is 19.7 Å². The summed E-state index contributed by atoms with van der Waals surface area (Å²) in [6, 6.07) is 8.24. The fraction of sp³-hybridized carbons (Fsp3) is 0.250. The minimum atomic E-state index is -0.306. The summed E-state index contributed by atoms with van der Waals surface area (Å²) in [7, 11) is 1.64. The van der Waals surface area contributed by atoms with Crippen LogP contribution in [0.3, 0.4) is 0 Å². The van der Waals surface area contributed by atoms with Crippen molar-refractivity contribution >= 4 is 15.9 Å². The lowest BCUT2D eigenvalue weighted by atomic mass is 9.93. The Morgan fingerprint density at radius 2 is 1.86 bits per heavy atom. The van der Waals surface area contributed by atoms with Crippen LogP contribution >= 0.6 is 15.9 Å². The second-order valence-electron chi connectivity index (χ2n) is 4.94. The van der Waals surface area contributed by atoms with Crippen molar-refractivity contribution in [2.24, 2.45) is 5.84 Å². The molecule has 0 heterocycles. The van der Waals surface area contributed by atoms with Gasteiger partial charge in [-0.15, -0.1) is 0 Å². The van der Waals surface area contributed by atoms with Gasteiger partial charge in [-0.25, -0.2) is 9.82 Å². The Kier molecular flexibility index (Phi) is 4.98. The standard InChI is InChI=1S/C16H18BrFN2O/c1-9-7-15(21-3)10(2)6-12(9)16(20-19)13-8-11(18)4-5-14(13)17/h4-8,16,20H,19H2,1-3H3. The minimum Gasteiger partial charge on any atom is -0.496 e. The summed E-state index contributed by atoms with van der Waals surface area (Å²) in [6.07, 6.45) is 0. The molecule has 3 nitrogen and oxygen atoms in total. The zero-order chi connectivity index (χ0) is 15.6. The molecule has 0 amide bonds. The van der Waals surface area contributed by atoms with Gasteiger partial charge in [-0.05, 0) is 60.4 Å². The smallest absolute Gasteiger partial charge is 0.123 e. The Morgan fingerprint density at radius 1 is 1.14 bits per heavy atom. The maximum Gasteiger partial charge on any atom is 0.123 e. The summed E-state index contributed by atoms with van der Waals surface area (Å²) < 4.78 is 19.7. The zero-order valence-electron chi connectivity index (χ0n) is 12.2. The van der Waals surface area contributed by atoms with E-state index in [1.54, 1.807) is 13.2 Å². The third-order valence-electron chi connectivity index (χ3n) is 3.53. The van der Waals surface area contributed by atoms with E-state index >= 15 is 0 Å². The Morgan fingerprint density at radius 3 is 2.48 bits per heavy atom. The molecule has 0 aliphatic rings. The second kappa shape index (κ2) is 6.56. The number of methoxy groups -OCH3 is 1. The normalized spacial score (nSPS) is 12.3. The third-order valence-corrected chi connectivity index (χ3v) is 4.25. The molecular formula is C16H18BrFN2O. The van der Waals surface area contributed by atoms with Crippen molar-refractivity contribution < 1.29 is 9.13 Å². The Labute approximate surface area is 132 Å². The molecule has 112 valence electrons. The fourth-order valence-electron chi connectivity index (χ4n) is 2.43. The van der Waals surface area contributed by atoms with Gasteiger partial charge >= 0.3 is 0 Å². The first-order valence-corrected chi connectivity index (χ1v) is 7.33. The minimum absolute atomic E-state index is 0.295. The highest BCUT2D eigenvalue weighted by molar-refractivity contribution is 9.10. The first-order chi connectivity index (χ1) is 9.97. The highest BCUT2D eigenvalue weighted by atomic mass is 79.9. The van der Waals surface area contributed by atoms with E-state index in [0.29, 0.717) is 0 Å². The molecule has 1 atom stereocenters. The van der Waals surface area contributed by atoms with Crippen LogP contribution in [0.5, 0.6) is 5.75 Å². The largest absolute Gasteiger partial charge is 0.496 e. The second-order valence-corrected chi connectivity index (χ2v) is 5.80. The number of hydrogen-bond donors (Lipinski definition) is 2. The molecule has 5 heteroatoms. The van der Waals surface area contributed by atoms with Crippen molar-refractivity contribution in [3.63, 3.8) is 0 Å². The molecule has 0 saturated carbocycles. The summed E-state index contributed by atoms with van der Waals surface area (Å²) in [5.41, 5.74) is 6.54. The number of hydrazine groups is 1. The van der Waals surface area contributed by atoms with Gasteiger partial charge in [0, 0.05) is 4.47 Å². The first-order valence-electron chi connectivity index (χ1n) is 6.54. The lowest BCUT2D eigenvalue weighted by molar-refractivity contribution is 0.411. The molecular weight excluding hydrogens is 335 g/mol. The van der Waals surface area contributed by atoms with E-state index in [2.05, 4.69) is 21.4 Å². The number of ether oxygens (including phenoxy) is 1. The SMILES string of the molecule is COc1cc(C)c(C(NN)c2cc(F)ccc2Br)cc1C. The van der Waals surface area contributed by atoms with E-state index in [9.17, 15) is 4.39 Å². The highest BCUT2D eigenvalue weighted by Crippen LogP contribution is 2.33. The van der Waals surface area contributed by atoms with E-state index in [-0.39, 0.29) is 11.9 Å². The third kappa shape index (κ3) is 3.26. The summed E-state index contributed by atoms with van der Waals surface area (Å²) in [6.45, 7) is 3.95. The molecule has 3 N–H and O–H groups in total. The maximum absolute atomic E-state index is 13.5. The zero-order valence-corrected chi connectivity index (χ0v) is 13.8. The summed E-state index contributed by atoms with van der Waals surface area (Å²) in [4.78, 5) is 0. The average molecular weight is 353 g/mol. The molecule has 0 radical (unpaired) electrons. The van der Waals surface area contributed by atoms with Crippen molar-refractivity contribution in [2.75, 3.05) is 7.11 Å². The lowest BCUT2D eigenvalue weighted by Gasteiger charge is -2.22. The first kappa shape index (κ1) is 15.9. The topological polar surface area (TPSA) is 47.3 Å². The molecule has 1 unspecified atom stereocenters. The van der Waals surface area contributed by atoms with Crippen LogP contribution in [0.2, 0.25) is 0 Å². The van der Waals surface area contributed by atoms with Gasteiger partial charge in [0.2, 0.25) is 0 Å². The van der Waals surface area contributed by atoms with Crippen molar-refractivity contribution in [3.05, 3.63) is 62.9 Å². The average Bonchev–Trinajstić information content (AvgIpc) is 2.46. The monoisotopic (exact) mass is 352 g/mol. The van der Waals surface area contributed by atoms with Crippen molar-refractivity contribution in [1.29, 1.82) is 0 Å². The molecule has 21 heavy (non-hydrogen) atoms. The van der Waals surface area contributed by atoms with Crippen LogP contribution < -0.4 is 16.0 Å². The Bertz CT molecular complexity index is 661. The highest BCUT2D eigenvalue weighted by Gasteiger charge is 2.19. The van der Waals surface area contributed by atoms with E-state index in [1.807, 2.05) is 26.0 Å². The molecule has 0 fully saturated rings. The molecule has 0 bridgehead atoms. The Balaban J connectivity index is 2.56. The summed E-state index contributed by atoms with van der Waals surface area (Å²) >= 11 is 3.45. The van der Waals surface area contributed by atoms with Crippen molar-refractivity contribution in [2.45, 2.75) is 19.9 Å². The number of rotatable bonds is 4. The van der Waals surface area contributed by atoms with Crippen LogP contribution in [0.1, 0.15) is 28.3 Å².